The van der Waals surface area contributed by atoms with Crippen LogP contribution in [0.15, 0.2) is 48.5 Å². The summed E-state index contributed by atoms with van der Waals surface area (Å²) in [5, 5.41) is 6.50. The van der Waals surface area contributed by atoms with E-state index in [1.54, 1.807) is 0 Å². The van der Waals surface area contributed by atoms with Gasteiger partial charge in [-0.05, 0) is 62.6 Å². The van der Waals surface area contributed by atoms with E-state index < -0.39 is 0 Å². The highest BCUT2D eigenvalue weighted by Crippen LogP contribution is 2.32. The van der Waals surface area contributed by atoms with Crippen molar-refractivity contribution in [2.45, 2.75) is 32.1 Å². The SMILES string of the molecule is O=C(Nc1cc(C(=O)N2CCCNCC2)ccc1N1CCCN(C(=O)c2ccccc2)CC1)C1CCC1. The number of nitrogens with zero attached hydrogens (tertiary/aromatic N) is 3. The summed E-state index contributed by atoms with van der Waals surface area (Å²) in [6, 6.07) is 15.1. The molecule has 3 amide bonds. The molecule has 3 aliphatic rings. The molecule has 2 saturated heterocycles. The van der Waals surface area contributed by atoms with Gasteiger partial charge in [0.05, 0.1) is 11.4 Å². The van der Waals surface area contributed by atoms with E-state index in [1.165, 1.54) is 0 Å². The molecule has 0 bridgehead atoms. The zero-order valence-electron chi connectivity index (χ0n) is 21.5. The molecule has 2 aromatic carbocycles. The molecule has 0 spiro atoms. The van der Waals surface area contributed by atoms with Gasteiger partial charge >= 0.3 is 0 Å². The lowest BCUT2D eigenvalue weighted by Gasteiger charge is -2.29. The molecule has 2 aliphatic heterocycles. The van der Waals surface area contributed by atoms with Crippen LogP contribution in [-0.4, -0.2) is 79.9 Å². The smallest absolute Gasteiger partial charge is 0.253 e. The molecule has 1 saturated carbocycles. The number of anilines is 2. The first kappa shape index (κ1) is 25.3. The fourth-order valence-electron chi connectivity index (χ4n) is 5.31. The van der Waals surface area contributed by atoms with Crippen molar-refractivity contribution in [3.05, 3.63) is 59.7 Å². The van der Waals surface area contributed by atoms with E-state index in [9.17, 15) is 14.4 Å². The molecule has 1 aliphatic carbocycles. The topological polar surface area (TPSA) is 85.0 Å². The standard InChI is InChI=1S/C29H37N5O3/c35-27(22-9-4-10-22)31-25-21-24(29(37)33-15-5-13-30-14-18-33)11-12-26(25)32-16-6-17-34(20-19-32)28(36)23-7-2-1-3-8-23/h1-3,7-8,11-12,21-22,30H,4-6,9-10,13-20H2,(H,31,35). The fourth-order valence-corrected chi connectivity index (χ4v) is 5.31. The van der Waals surface area contributed by atoms with Gasteiger partial charge in [0.25, 0.3) is 11.8 Å². The van der Waals surface area contributed by atoms with Crippen LogP contribution in [-0.2, 0) is 4.79 Å². The van der Waals surface area contributed by atoms with Gasteiger partial charge in [-0.15, -0.1) is 0 Å². The average Bonchev–Trinajstić information content (AvgIpc) is 3.31. The van der Waals surface area contributed by atoms with Crippen LogP contribution in [0.2, 0.25) is 0 Å². The Balaban J connectivity index is 1.35. The number of hydrogen-bond acceptors (Lipinski definition) is 5. The van der Waals surface area contributed by atoms with Crippen LogP contribution < -0.4 is 15.5 Å². The molecule has 0 aromatic heterocycles. The lowest BCUT2D eigenvalue weighted by molar-refractivity contribution is -0.122. The van der Waals surface area contributed by atoms with Gasteiger partial charge in [-0.25, -0.2) is 0 Å². The van der Waals surface area contributed by atoms with E-state index in [-0.39, 0.29) is 23.6 Å². The van der Waals surface area contributed by atoms with Gasteiger partial charge in [0.2, 0.25) is 5.91 Å². The van der Waals surface area contributed by atoms with Crippen molar-refractivity contribution in [2.24, 2.45) is 5.92 Å². The van der Waals surface area contributed by atoms with Gasteiger partial charge in [-0.3, -0.25) is 14.4 Å². The highest BCUT2D eigenvalue weighted by Gasteiger charge is 2.28. The Hall–Kier alpha value is -3.39. The summed E-state index contributed by atoms with van der Waals surface area (Å²) in [4.78, 5) is 45.3. The van der Waals surface area contributed by atoms with Gasteiger partial charge in [-0.1, -0.05) is 24.6 Å². The van der Waals surface area contributed by atoms with Crippen molar-refractivity contribution < 1.29 is 14.4 Å². The predicted octanol–water partition coefficient (Wildman–Crippen LogP) is 3.21. The number of carbonyl (C=O) groups excluding carboxylic acids is 3. The van der Waals surface area contributed by atoms with E-state index in [2.05, 4.69) is 15.5 Å². The lowest BCUT2D eigenvalue weighted by atomic mass is 9.85. The second kappa shape index (κ2) is 11.8. The molecule has 0 radical (unpaired) electrons. The predicted molar refractivity (Wildman–Crippen MR) is 145 cm³/mol. The summed E-state index contributed by atoms with van der Waals surface area (Å²) in [7, 11) is 0. The van der Waals surface area contributed by atoms with Gasteiger partial charge in [0.1, 0.15) is 0 Å². The summed E-state index contributed by atoms with van der Waals surface area (Å²) in [6.07, 6.45) is 4.68. The van der Waals surface area contributed by atoms with Crippen LogP contribution in [0, 0.1) is 5.92 Å². The minimum absolute atomic E-state index is 0.00453. The molecule has 5 rings (SSSR count). The molecular weight excluding hydrogens is 466 g/mol. The van der Waals surface area contributed by atoms with Gasteiger partial charge in [0.15, 0.2) is 0 Å². The molecule has 37 heavy (non-hydrogen) atoms. The molecule has 0 atom stereocenters. The maximum Gasteiger partial charge on any atom is 0.253 e. The van der Waals surface area contributed by atoms with E-state index >= 15 is 0 Å². The number of amides is 3. The van der Waals surface area contributed by atoms with Crippen molar-refractivity contribution >= 4 is 29.1 Å². The van der Waals surface area contributed by atoms with E-state index in [1.807, 2.05) is 58.3 Å². The fraction of sp³-hybridized carbons (Fsp3) is 0.483. The van der Waals surface area contributed by atoms with Crippen molar-refractivity contribution in [3.63, 3.8) is 0 Å². The number of carbonyl (C=O) groups is 3. The summed E-state index contributed by atoms with van der Waals surface area (Å²) in [5.74, 6) is 0.137. The van der Waals surface area contributed by atoms with E-state index in [0.29, 0.717) is 43.0 Å². The number of benzene rings is 2. The maximum absolute atomic E-state index is 13.3. The highest BCUT2D eigenvalue weighted by atomic mass is 16.2. The molecule has 0 unspecified atom stereocenters. The van der Waals surface area contributed by atoms with Crippen LogP contribution in [0.5, 0.6) is 0 Å². The van der Waals surface area contributed by atoms with Crippen LogP contribution in [0.4, 0.5) is 11.4 Å². The van der Waals surface area contributed by atoms with E-state index in [4.69, 9.17) is 0 Å². The van der Waals surface area contributed by atoms with Crippen LogP contribution in [0.1, 0.15) is 52.8 Å². The number of nitrogens with one attached hydrogen (secondary N) is 2. The van der Waals surface area contributed by atoms with Crippen molar-refractivity contribution in [3.8, 4) is 0 Å². The zero-order chi connectivity index (χ0) is 25.6. The van der Waals surface area contributed by atoms with Crippen LogP contribution in [0.3, 0.4) is 0 Å². The van der Waals surface area contributed by atoms with E-state index in [0.717, 1.165) is 64.0 Å². The van der Waals surface area contributed by atoms with Crippen molar-refractivity contribution in [2.75, 3.05) is 62.6 Å². The minimum Gasteiger partial charge on any atom is -0.368 e. The Kier molecular flexibility index (Phi) is 8.04. The first-order valence-electron chi connectivity index (χ1n) is 13.6. The molecule has 3 fully saturated rings. The first-order valence-corrected chi connectivity index (χ1v) is 13.6. The number of hydrogen-bond donors (Lipinski definition) is 2. The molecule has 2 heterocycles. The van der Waals surface area contributed by atoms with Gasteiger partial charge in [0, 0.05) is 62.9 Å². The van der Waals surface area contributed by atoms with Crippen molar-refractivity contribution in [1.82, 2.24) is 15.1 Å². The Morgan fingerprint density at radius 2 is 1.49 bits per heavy atom. The first-order chi connectivity index (χ1) is 18.1. The maximum atomic E-state index is 13.3. The molecule has 196 valence electrons. The number of rotatable bonds is 5. The lowest BCUT2D eigenvalue weighted by Crippen LogP contribution is -2.36. The summed E-state index contributed by atoms with van der Waals surface area (Å²) < 4.78 is 0. The third-order valence-corrected chi connectivity index (χ3v) is 7.75. The van der Waals surface area contributed by atoms with Crippen LogP contribution in [0.25, 0.3) is 0 Å². The minimum atomic E-state index is 0.00453. The molecule has 2 aromatic rings. The summed E-state index contributed by atoms with van der Waals surface area (Å²) >= 11 is 0. The monoisotopic (exact) mass is 503 g/mol. The summed E-state index contributed by atoms with van der Waals surface area (Å²) in [6.45, 7) is 5.85. The third-order valence-electron chi connectivity index (χ3n) is 7.75. The third kappa shape index (κ3) is 5.96. The molecule has 8 nitrogen and oxygen atoms in total. The molecule has 2 N–H and O–H groups in total. The Bertz CT molecular complexity index is 1110. The zero-order valence-corrected chi connectivity index (χ0v) is 21.5. The Morgan fingerprint density at radius 1 is 0.730 bits per heavy atom. The molecule has 8 heteroatoms. The normalized spacial score (nSPS) is 19.0. The average molecular weight is 504 g/mol. The second-order valence-electron chi connectivity index (χ2n) is 10.2. The van der Waals surface area contributed by atoms with Gasteiger partial charge < -0.3 is 25.3 Å². The Morgan fingerprint density at radius 3 is 2.27 bits per heavy atom. The molecular formula is C29H37N5O3. The Labute approximate surface area is 219 Å². The largest absolute Gasteiger partial charge is 0.368 e. The summed E-state index contributed by atoms with van der Waals surface area (Å²) in [5.41, 5.74) is 2.91. The quantitative estimate of drug-likeness (QED) is 0.655. The second-order valence-corrected chi connectivity index (χ2v) is 10.2. The highest BCUT2D eigenvalue weighted by molar-refractivity contribution is 6.01. The van der Waals surface area contributed by atoms with Gasteiger partial charge in [-0.2, -0.15) is 0 Å². The van der Waals surface area contributed by atoms with Crippen molar-refractivity contribution in [1.29, 1.82) is 0 Å². The van der Waals surface area contributed by atoms with Crippen LogP contribution >= 0.6 is 0 Å².